The summed E-state index contributed by atoms with van der Waals surface area (Å²) in [5.74, 6) is 1.52. The van der Waals surface area contributed by atoms with Crippen molar-refractivity contribution in [3.8, 4) is 5.75 Å². The fraction of sp³-hybridized carbons (Fsp3) is 0.455. The molecule has 0 unspecified atom stereocenters. The molecule has 1 aromatic carbocycles. The zero-order valence-electron chi connectivity index (χ0n) is 8.39. The molecule has 0 aliphatic heterocycles. The Kier molecular flexibility index (Phi) is 4.96. The van der Waals surface area contributed by atoms with Crippen LogP contribution in [0.4, 0.5) is 0 Å². The highest BCUT2D eigenvalue weighted by Crippen LogP contribution is 2.25. The van der Waals surface area contributed by atoms with Crippen molar-refractivity contribution in [1.29, 1.82) is 0 Å². The van der Waals surface area contributed by atoms with E-state index < -0.39 is 0 Å². The Morgan fingerprint density at radius 3 is 2.64 bits per heavy atom. The van der Waals surface area contributed by atoms with Crippen molar-refractivity contribution >= 4 is 31.9 Å². The summed E-state index contributed by atoms with van der Waals surface area (Å²) in [6.45, 7) is 5.05. The fourth-order valence-corrected chi connectivity index (χ4v) is 1.83. The minimum atomic E-state index is 0.553. The Morgan fingerprint density at radius 1 is 1.36 bits per heavy atom. The summed E-state index contributed by atoms with van der Waals surface area (Å²) in [5.41, 5.74) is 1.19. The lowest BCUT2D eigenvalue weighted by Gasteiger charge is -2.12. The van der Waals surface area contributed by atoms with Gasteiger partial charge in [-0.1, -0.05) is 51.8 Å². The summed E-state index contributed by atoms with van der Waals surface area (Å²) in [4.78, 5) is 0. The van der Waals surface area contributed by atoms with Gasteiger partial charge in [0.2, 0.25) is 0 Å². The van der Waals surface area contributed by atoms with Gasteiger partial charge < -0.3 is 4.74 Å². The minimum Gasteiger partial charge on any atom is -0.493 e. The number of hydrogen-bond donors (Lipinski definition) is 0. The lowest BCUT2D eigenvalue weighted by Crippen LogP contribution is -2.05. The maximum absolute atomic E-state index is 5.71. The predicted octanol–water partition coefficient (Wildman–Crippen LogP) is 4.38. The number of rotatable bonds is 4. The third-order valence-corrected chi connectivity index (χ3v) is 2.84. The van der Waals surface area contributed by atoms with Gasteiger partial charge in [0.15, 0.2) is 0 Å². The van der Waals surface area contributed by atoms with Gasteiger partial charge in [0, 0.05) is 15.4 Å². The van der Waals surface area contributed by atoms with Crippen LogP contribution in [-0.4, -0.2) is 6.61 Å². The Morgan fingerprint density at radius 2 is 2.07 bits per heavy atom. The van der Waals surface area contributed by atoms with Crippen molar-refractivity contribution < 1.29 is 4.74 Å². The molecule has 0 fully saturated rings. The summed E-state index contributed by atoms with van der Waals surface area (Å²) in [6, 6.07) is 6.10. The predicted molar refractivity (Wildman–Crippen MR) is 67.1 cm³/mol. The maximum atomic E-state index is 5.71. The molecule has 1 rings (SSSR count). The molecule has 0 aliphatic rings. The maximum Gasteiger partial charge on any atom is 0.124 e. The monoisotopic (exact) mass is 320 g/mol. The number of hydrogen-bond acceptors (Lipinski definition) is 1. The molecule has 1 nitrogen and oxygen atoms in total. The van der Waals surface area contributed by atoms with Crippen molar-refractivity contribution in [2.24, 2.45) is 5.92 Å². The van der Waals surface area contributed by atoms with Gasteiger partial charge in [0.05, 0.1) is 6.61 Å². The van der Waals surface area contributed by atoms with E-state index in [9.17, 15) is 0 Å². The van der Waals surface area contributed by atoms with Gasteiger partial charge in [-0.2, -0.15) is 0 Å². The fourth-order valence-electron chi connectivity index (χ4n) is 1.03. The molecule has 78 valence electrons. The van der Waals surface area contributed by atoms with Gasteiger partial charge in [0.25, 0.3) is 0 Å². The topological polar surface area (TPSA) is 9.23 Å². The number of ether oxygens (including phenoxy) is 1. The first-order valence-corrected chi connectivity index (χ1v) is 6.52. The minimum absolute atomic E-state index is 0.553. The number of benzene rings is 1. The molecular weight excluding hydrogens is 308 g/mol. The molecule has 1 aromatic rings. The first-order valence-electron chi connectivity index (χ1n) is 4.60. The molecule has 0 amide bonds. The highest BCUT2D eigenvalue weighted by Gasteiger charge is 2.04. The molecule has 0 heterocycles. The van der Waals surface area contributed by atoms with Gasteiger partial charge in [-0.25, -0.2) is 0 Å². The van der Waals surface area contributed by atoms with E-state index in [0.29, 0.717) is 5.92 Å². The second-order valence-corrected chi connectivity index (χ2v) is 5.07. The van der Waals surface area contributed by atoms with Gasteiger partial charge in [-0.3, -0.25) is 0 Å². The standard InChI is InChI=1S/C11H14Br2O/c1-8(2)7-14-11-5-10(13)4-3-9(11)6-12/h3-5,8H,6-7H2,1-2H3. The zero-order valence-corrected chi connectivity index (χ0v) is 11.6. The molecular formula is C11H14Br2O. The second kappa shape index (κ2) is 5.76. The molecule has 0 saturated carbocycles. The largest absolute Gasteiger partial charge is 0.493 e. The van der Waals surface area contributed by atoms with Crippen LogP contribution in [0.3, 0.4) is 0 Å². The van der Waals surface area contributed by atoms with Crippen LogP contribution in [0.5, 0.6) is 5.75 Å². The van der Waals surface area contributed by atoms with E-state index in [-0.39, 0.29) is 0 Å². The van der Waals surface area contributed by atoms with Gasteiger partial charge >= 0.3 is 0 Å². The number of alkyl halides is 1. The Bertz CT molecular complexity index is 297. The third kappa shape index (κ3) is 3.62. The van der Waals surface area contributed by atoms with Crippen molar-refractivity contribution in [2.45, 2.75) is 19.2 Å². The lowest BCUT2D eigenvalue weighted by atomic mass is 10.2. The average molecular weight is 322 g/mol. The van der Waals surface area contributed by atoms with E-state index in [1.54, 1.807) is 0 Å². The van der Waals surface area contributed by atoms with Crippen molar-refractivity contribution in [3.63, 3.8) is 0 Å². The van der Waals surface area contributed by atoms with Crippen LogP contribution in [0.1, 0.15) is 19.4 Å². The van der Waals surface area contributed by atoms with Crippen LogP contribution >= 0.6 is 31.9 Å². The Balaban J connectivity index is 2.77. The third-order valence-electron chi connectivity index (χ3n) is 1.75. The van der Waals surface area contributed by atoms with Crippen LogP contribution < -0.4 is 4.74 Å². The van der Waals surface area contributed by atoms with Crippen molar-refractivity contribution in [2.75, 3.05) is 6.61 Å². The van der Waals surface area contributed by atoms with Crippen molar-refractivity contribution in [1.82, 2.24) is 0 Å². The van der Waals surface area contributed by atoms with Crippen LogP contribution in [0.25, 0.3) is 0 Å². The van der Waals surface area contributed by atoms with Crippen LogP contribution in [0.15, 0.2) is 22.7 Å². The first-order chi connectivity index (χ1) is 6.63. The van der Waals surface area contributed by atoms with Gasteiger partial charge in [-0.15, -0.1) is 0 Å². The van der Waals surface area contributed by atoms with E-state index in [4.69, 9.17) is 4.74 Å². The summed E-state index contributed by atoms with van der Waals surface area (Å²) in [5, 5.41) is 0.827. The summed E-state index contributed by atoms with van der Waals surface area (Å²) in [6.07, 6.45) is 0. The highest BCUT2D eigenvalue weighted by atomic mass is 79.9. The molecule has 0 saturated heterocycles. The lowest BCUT2D eigenvalue weighted by molar-refractivity contribution is 0.269. The molecule has 0 aliphatic carbocycles. The summed E-state index contributed by atoms with van der Waals surface area (Å²) >= 11 is 6.88. The quantitative estimate of drug-likeness (QED) is 0.748. The molecule has 0 spiro atoms. The zero-order chi connectivity index (χ0) is 10.6. The normalized spacial score (nSPS) is 10.6. The Labute approximate surface area is 102 Å². The van der Waals surface area contributed by atoms with E-state index >= 15 is 0 Å². The SMILES string of the molecule is CC(C)COc1cc(Br)ccc1CBr. The molecule has 0 atom stereocenters. The molecule has 14 heavy (non-hydrogen) atoms. The smallest absolute Gasteiger partial charge is 0.124 e. The molecule has 0 radical (unpaired) electrons. The first kappa shape index (κ1) is 12.1. The highest BCUT2D eigenvalue weighted by molar-refractivity contribution is 9.10. The summed E-state index contributed by atoms with van der Waals surface area (Å²) in [7, 11) is 0. The van der Waals surface area contributed by atoms with Crippen molar-refractivity contribution in [3.05, 3.63) is 28.2 Å². The van der Waals surface area contributed by atoms with Crippen LogP contribution in [-0.2, 0) is 5.33 Å². The second-order valence-electron chi connectivity index (χ2n) is 3.59. The van der Waals surface area contributed by atoms with E-state index in [1.165, 1.54) is 5.56 Å². The van der Waals surface area contributed by atoms with Gasteiger partial charge in [0.1, 0.15) is 5.75 Å². The molecule has 0 N–H and O–H groups in total. The molecule has 0 bridgehead atoms. The number of halogens is 2. The average Bonchev–Trinajstić information content (AvgIpc) is 2.15. The summed E-state index contributed by atoms with van der Waals surface area (Å²) < 4.78 is 6.77. The van der Waals surface area contributed by atoms with E-state index in [0.717, 1.165) is 22.2 Å². The van der Waals surface area contributed by atoms with Gasteiger partial charge in [-0.05, 0) is 18.1 Å². The van der Waals surface area contributed by atoms with E-state index in [2.05, 4.69) is 51.8 Å². The molecule has 0 aromatic heterocycles. The Hall–Kier alpha value is -0.0200. The van der Waals surface area contributed by atoms with Crippen LogP contribution in [0.2, 0.25) is 0 Å². The molecule has 3 heteroatoms. The van der Waals surface area contributed by atoms with Crippen LogP contribution in [0, 0.1) is 5.92 Å². The van der Waals surface area contributed by atoms with E-state index in [1.807, 2.05) is 12.1 Å².